The van der Waals surface area contributed by atoms with Crippen molar-refractivity contribution in [2.45, 2.75) is 71.2 Å². The SMILES string of the molecule is CC(C)(C)OC(=O)Cc1cc(F)ccc1C1CCC(C)(C)O1. The average Bonchev–Trinajstić information content (AvgIpc) is 2.67. The standard InChI is InChI=1S/C18H25FO3/c1-17(2,3)22-16(20)11-12-10-13(19)6-7-14(12)15-8-9-18(4,5)21-15/h6-7,10,15H,8-9,11H2,1-5H3. The van der Waals surface area contributed by atoms with Gasteiger partial charge in [-0.3, -0.25) is 4.79 Å². The molecule has 1 aliphatic heterocycles. The van der Waals surface area contributed by atoms with Gasteiger partial charge in [0.05, 0.1) is 18.1 Å². The molecule has 0 N–H and O–H groups in total. The number of esters is 1. The maximum absolute atomic E-state index is 13.6. The van der Waals surface area contributed by atoms with Gasteiger partial charge in [-0.1, -0.05) is 6.07 Å². The van der Waals surface area contributed by atoms with Crippen LogP contribution in [-0.4, -0.2) is 17.2 Å². The van der Waals surface area contributed by atoms with Crippen LogP contribution in [0.2, 0.25) is 0 Å². The Balaban J connectivity index is 2.20. The zero-order valence-electron chi connectivity index (χ0n) is 14.0. The summed E-state index contributed by atoms with van der Waals surface area (Å²) in [5.74, 6) is -0.698. The maximum atomic E-state index is 13.6. The molecule has 0 saturated carbocycles. The molecule has 1 fully saturated rings. The molecule has 3 nitrogen and oxygen atoms in total. The number of rotatable bonds is 3. The molecule has 0 radical (unpaired) electrons. The largest absolute Gasteiger partial charge is 0.460 e. The Morgan fingerprint density at radius 2 is 2.09 bits per heavy atom. The average molecular weight is 308 g/mol. The van der Waals surface area contributed by atoms with Crippen LogP contribution in [0.25, 0.3) is 0 Å². The van der Waals surface area contributed by atoms with Crippen molar-refractivity contribution in [3.05, 3.63) is 35.1 Å². The van der Waals surface area contributed by atoms with Crippen molar-refractivity contribution in [1.82, 2.24) is 0 Å². The molecule has 0 bridgehead atoms. The maximum Gasteiger partial charge on any atom is 0.310 e. The lowest BCUT2D eigenvalue weighted by molar-refractivity contribution is -0.153. The van der Waals surface area contributed by atoms with Gasteiger partial charge in [0.1, 0.15) is 11.4 Å². The fourth-order valence-electron chi connectivity index (χ4n) is 2.78. The first-order chi connectivity index (χ1) is 10.1. The number of benzene rings is 1. The predicted molar refractivity (Wildman–Crippen MR) is 83.1 cm³/mol. The molecule has 1 aliphatic rings. The lowest BCUT2D eigenvalue weighted by Gasteiger charge is -2.22. The van der Waals surface area contributed by atoms with E-state index in [0.29, 0.717) is 5.56 Å². The normalized spacial score (nSPS) is 20.9. The fraction of sp³-hybridized carbons (Fsp3) is 0.611. The van der Waals surface area contributed by atoms with Crippen LogP contribution in [-0.2, 0) is 20.7 Å². The summed E-state index contributed by atoms with van der Waals surface area (Å²) in [6.07, 6.45) is 1.79. The smallest absolute Gasteiger partial charge is 0.310 e. The van der Waals surface area contributed by atoms with E-state index in [0.717, 1.165) is 18.4 Å². The van der Waals surface area contributed by atoms with E-state index in [1.54, 1.807) is 6.07 Å². The summed E-state index contributed by atoms with van der Waals surface area (Å²) in [7, 11) is 0. The van der Waals surface area contributed by atoms with Crippen LogP contribution in [0.3, 0.4) is 0 Å². The molecule has 1 saturated heterocycles. The van der Waals surface area contributed by atoms with Gasteiger partial charge in [0.25, 0.3) is 0 Å². The van der Waals surface area contributed by atoms with E-state index in [9.17, 15) is 9.18 Å². The Bertz CT molecular complexity index is 558. The Hall–Kier alpha value is -1.42. The van der Waals surface area contributed by atoms with E-state index in [1.165, 1.54) is 12.1 Å². The first kappa shape index (κ1) is 16.9. The number of carbonyl (C=O) groups is 1. The summed E-state index contributed by atoms with van der Waals surface area (Å²) in [6, 6.07) is 4.55. The Morgan fingerprint density at radius 1 is 1.41 bits per heavy atom. The second-order valence-electron chi connectivity index (χ2n) is 7.51. The topological polar surface area (TPSA) is 35.5 Å². The van der Waals surface area contributed by atoms with E-state index >= 15 is 0 Å². The zero-order valence-corrected chi connectivity index (χ0v) is 14.0. The van der Waals surface area contributed by atoms with Gasteiger partial charge in [-0.15, -0.1) is 0 Å². The van der Waals surface area contributed by atoms with Crippen LogP contribution < -0.4 is 0 Å². The van der Waals surface area contributed by atoms with Crippen molar-refractivity contribution in [3.63, 3.8) is 0 Å². The van der Waals surface area contributed by atoms with Crippen molar-refractivity contribution in [3.8, 4) is 0 Å². The molecule has 2 rings (SSSR count). The molecule has 0 amide bonds. The molecule has 1 aromatic carbocycles. The second kappa shape index (κ2) is 5.99. The van der Waals surface area contributed by atoms with Crippen LogP contribution >= 0.6 is 0 Å². The molecule has 1 aromatic rings. The predicted octanol–water partition coefficient (Wildman–Crippen LogP) is 4.34. The van der Waals surface area contributed by atoms with Crippen LogP contribution in [0.5, 0.6) is 0 Å². The van der Waals surface area contributed by atoms with Crippen LogP contribution in [0, 0.1) is 5.82 Å². The number of ether oxygens (including phenoxy) is 2. The number of hydrogen-bond acceptors (Lipinski definition) is 3. The van der Waals surface area contributed by atoms with Gasteiger partial charge in [0.15, 0.2) is 0 Å². The summed E-state index contributed by atoms with van der Waals surface area (Å²) in [4.78, 5) is 12.0. The molecular weight excluding hydrogens is 283 g/mol. The molecule has 0 spiro atoms. The van der Waals surface area contributed by atoms with Crippen molar-refractivity contribution in [1.29, 1.82) is 0 Å². The third-order valence-electron chi connectivity index (χ3n) is 3.68. The van der Waals surface area contributed by atoms with Gasteiger partial charge < -0.3 is 9.47 Å². The number of hydrogen-bond donors (Lipinski definition) is 0. The molecule has 122 valence electrons. The van der Waals surface area contributed by atoms with E-state index in [4.69, 9.17) is 9.47 Å². The fourth-order valence-corrected chi connectivity index (χ4v) is 2.78. The lowest BCUT2D eigenvalue weighted by Crippen LogP contribution is -2.25. The van der Waals surface area contributed by atoms with Gasteiger partial charge in [0.2, 0.25) is 0 Å². The molecule has 1 heterocycles. The highest BCUT2D eigenvalue weighted by Gasteiger charge is 2.34. The third-order valence-corrected chi connectivity index (χ3v) is 3.68. The first-order valence-electron chi connectivity index (χ1n) is 7.74. The highest BCUT2D eigenvalue weighted by Crippen LogP contribution is 2.40. The van der Waals surface area contributed by atoms with Gasteiger partial charge in [0, 0.05) is 0 Å². The summed E-state index contributed by atoms with van der Waals surface area (Å²) in [5.41, 5.74) is 0.813. The van der Waals surface area contributed by atoms with Crippen molar-refractivity contribution in [2.24, 2.45) is 0 Å². The van der Waals surface area contributed by atoms with Gasteiger partial charge in [-0.2, -0.15) is 0 Å². The van der Waals surface area contributed by atoms with Gasteiger partial charge in [-0.05, 0) is 70.7 Å². The van der Waals surface area contributed by atoms with Gasteiger partial charge in [-0.25, -0.2) is 4.39 Å². The van der Waals surface area contributed by atoms with E-state index in [-0.39, 0.29) is 29.9 Å². The summed E-state index contributed by atoms with van der Waals surface area (Å²) in [5, 5.41) is 0. The summed E-state index contributed by atoms with van der Waals surface area (Å²) >= 11 is 0. The second-order valence-corrected chi connectivity index (χ2v) is 7.51. The van der Waals surface area contributed by atoms with E-state index < -0.39 is 5.60 Å². The molecule has 4 heteroatoms. The zero-order chi connectivity index (χ0) is 16.5. The quantitative estimate of drug-likeness (QED) is 0.779. The molecule has 0 aromatic heterocycles. The minimum atomic E-state index is -0.545. The van der Waals surface area contributed by atoms with E-state index in [2.05, 4.69) is 0 Å². The lowest BCUT2D eigenvalue weighted by atomic mass is 9.97. The molecule has 1 unspecified atom stereocenters. The van der Waals surface area contributed by atoms with Crippen LogP contribution in [0.15, 0.2) is 18.2 Å². The Morgan fingerprint density at radius 3 is 2.64 bits per heavy atom. The minimum absolute atomic E-state index is 0.0602. The number of halogens is 1. The molecular formula is C18H25FO3. The van der Waals surface area contributed by atoms with E-state index in [1.807, 2.05) is 34.6 Å². The Labute approximate surface area is 131 Å². The van der Waals surface area contributed by atoms with Gasteiger partial charge >= 0.3 is 5.97 Å². The van der Waals surface area contributed by atoms with Crippen LogP contribution in [0.1, 0.15) is 64.7 Å². The first-order valence-corrected chi connectivity index (χ1v) is 7.74. The monoisotopic (exact) mass is 308 g/mol. The molecule has 1 atom stereocenters. The van der Waals surface area contributed by atoms with Crippen molar-refractivity contribution >= 4 is 5.97 Å². The molecule has 0 aliphatic carbocycles. The highest BCUT2D eigenvalue weighted by molar-refractivity contribution is 5.73. The Kier molecular flexibility index (Phi) is 4.62. The number of carbonyl (C=O) groups excluding carboxylic acids is 1. The van der Waals surface area contributed by atoms with Crippen LogP contribution in [0.4, 0.5) is 4.39 Å². The summed E-state index contributed by atoms with van der Waals surface area (Å²) in [6.45, 7) is 9.55. The summed E-state index contributed by atoms with van der Waals surface area (Å²) < 4.78 is 24.9. The molecule has 22 heavy (non-hydrogen) atoms. The minimum Gasteiger partial charge on any atom is -0.460 e. The van der Waals surface area contributed by atoms with Crippen molar-refractivity contribution < 1.29 is 18.7 Å². The third kappa shape index (κ3) is 4.54. The highest BCUT2D eigenvalue weighted by atomic mass is 19.1. The van der Waals surface area contributed by atoms with Crippen molar-refractivity contribution in [2.75, 3.05) is 0 Å².